The topological polar surface area (TPSA) is 74.6 Å². The number of hydrogen-bond acceptors (Lipinski definition) is 3. The number of guanidine groups is 1. The second kappa shape index (κ2) is 8.70. The van der Waals surface area contributed by atoms with Gasteiger partial charge in [-0.05, 0) is 26.2 Å². The molecule has 2 rings (SSSR count). The molecule has 2 N–H and O–H groups in total. The predicted octanol–water partition coefficient (Wildman–Crippen LogP) is 1.26. The van der Waals surface area contributed by atoms with Crippen LogP contribution in [-0.2, 0) is 4.79 Å². The number of carbonyl (C=O) groups is 1. The largest absolute Gasteiger partial charge is 0.356 e. The smallest absolute Gasteiger partial charge is 0.221 e. The highest BCUT2D eigenvalue weighted by Crippen LogP contribution is 2.27. The van der Waals surface area contributed by atoms with Crippen molar-refractivity contribution >= 4 is 11.9 Å². The average molecular weight is 334 g/mol. The lowest BCUT2D eigenvalue weighted by Crippen LogP contribution is -2.49. The molecule has 2 unspecified atom stereocenters. The Bertz CT molecular complexity index is 539. The first-order valence-corrected chi connectivity index (χ1v) is 8.73. The summed E-state index contributed by atoms with van der Waals surface area (Å²) >= 11 is 0. The number of carbonyl (C=O) groups excluding carboxylic acids is 1. The Morgan fingerprint density at radius 2 is 2.25 bits per heavy atom. The Labute approximate surface area is 144 Å². The highest BCUT2D eigenvalue weighted by Gasteiger charge is 2.28. The van der Waals surface area contributed by atoms with Gasteiger partial charge in [0.25, 0.3) is 0 Å². The number of aliphatic imine (C=N–C) groups is 1. The molecule has 7 nitrogen and oxygen atoms in total. The molecular formula is C17H30N6O. The number of rotatable bonds is 5. The maximum absolute atomic E-state index is 11.7. The summed E-state index contributed by atoms with van der Waals surface area (Å²) in [6.45, 7) is 8.69. The van der Waals surface area contributed by atoms with Gasteiger partial charge in [-0.1, -0.05) is 6.92 Å². The summed E-state index contributed by atoms with van der Waals surface area (Å²) in [5, 5.41) is 6.22. The van der Waals surface area contributed by atoms with Crippen LogP contribution in [-0.4, -0.2) is 59.0 Å². The minimum absolute atomic E-state index is 0.0662. The van der Waals surface area contributed by atoms with Crippen molar-refractivity contribution in [1.82, 2.24) is 25.1 Å². The molecule has 134 valence electrons. The highest BCUT2D eigenvalue weighted by molar-refractivity contribution is 5.81. The van der Waals surface area contributed by atoms with Gasteiger partial charge in [-0.3, -0.25) is 9.79 Å². The Kier molecular flexibility index (Phi) is 6.63. The van der Waals surface area contributed by atoms with Crippen LogP contribution in [0.1, 0.15) is 39.7 Å². The van der Waals surface area contributed by atoms with Crippen molar-refractivity contribution in [3.63, 3.8) is 0 Å². The fourth-order valence-corrected chi connectivity index (χ4v) is 3.11. The molecule has 1 aromatic rings. The van der Waals surface area contributed by atoms with Gasteiger partial charge in [-0.15, -0.1) is 0 Å². The Morgan fingerprint density at radius 1 is 1.46 bits per heavy atom. The minimum Gasteiger partial charge on any atom is -0.356 e. The van der Waals surface area contributed by atoms with E-state index in [2.05, 4.69) is 37.0 Å². The number of aromatic nitrogens is 2. The van der Waals surface area contributed by atoms with E-state index in [0.717, 1.165) is 25.5 Å². The van der Waals surface area contributed by atoms with E-state index in [4.69, 9.17) is 0 Å². The van der Waals surface area contributed by atoms with E-state index in [1.807, 2.05) is 32.6 Å². The first kappa shape index (κ1) is 18.3. The van der Waals surface area contributed by atoms with Crippen LogP contribution in [0.3, 0.4) is 0 Å². The predicted molar refractivity (Wildman–Crippen MR) is 95.9 cm³/mol. The summed E-state index contributed by atoms with van der Waals surface area (Å²) in [7, 11) is 1.79. The molecule has 24 heavy (non-hydrogen) atoms. The number of likely N-dealkylation sites (tertiary alicyclic amines) is 1. The third-order valence-electron chi connectivity index (χ3n) is 4.42. The third kappa shape index (κ3) is 4.97. The summed E-state index contributed by atoms with van der Waals surface area (Å²) in [6, 6.07) is 0.570. The van der Waals surface area contributed by atoms with E-state index in [-0.39, 0.29) is 11.9 Å². The number of imidazole rings is 1. The van der Waals surface area contributed by atoms with Crippen molar-refractivity contribution in [3.8, 4) is 0 Å². The molecule has 1 aliphatic rings. The zero-order chi connectivity index (χ0) is 17.5. The molecule has 1 amide bonds. The first-order chi connectivity index (χ1) is 11.5. The number of piperidine rings is 1. The molecule has 7 heteroatoms. The van der Waals surface area contributed by atoms with E-state index in [0.29, 0.717) is 24.9 Å². The van der Waals surface area contributed by atoms with Crippen molar-refractivity contribution in [2.75, 3.05) is 26.7 Å². The molecule has 0 radical (unpaired) electrons. The Hall–Kier alpha value is -2.05. The van der Waals surface area contributed by atoms with Gasteiger partial charge < -0.3 is 20.1 Å². The van der Waals surface area contributed by atoms with Gasteiger partial charge in [0.1, 0.15) is 0 Å². The van der Waals surface area contributed by atoms with Crippen molar-refractivity contribution in [3.05, 3.63) is 18.7 Å². The maximum atomic E-state index is 11.7. The van der Waals surface area contributed by atoms with Crippen molar-refractivity contribution in [2.45, 2.75) is 45.7 Å². The van der Waals surface area contributed by atoms with E-state index >= 15 is 0 Å². The van der Waals surface area contributed by atoms with Gasteiger partial charge in [0, 0.05) is 51.5 Å². The van der Waals surface area contributed by atoms with E-state index in [9.17, 15) is 4.79 Å². The fourth-order valence-electron chi connectivity index (χ4n) is 3.11. The van der Waals surface area contributed by atoms with E-state index < -0.39 is 0 Å². The lowest BCUT2D eigenvalue weighted by atomic mass is 9.93. The summed E-state index contributed by atoms with van der Waals surface area (Å²) in [5.41, 5.74) is 0. The van der Waals surface area contributed by atoms with Crippen molar-refractivity contribution in [2.24, 2.45) is 10.9 Å². The second-order valence-electron chi connectivity index (χ2n) is 6.74. The zero-order valence-electron chi connectivity index (χ0n) is 15.2. The molecule has 0 bridgehead atoms. The van der Waals surface area contributed by atoms with Crippen LogP contribution in [0.4, 0.5) is 0 Å². The third-order valence-corrected chi connectivity index (χ3v) is 4.42. The normalized spacial score (nSPS) is 21.9. The summed E-state index contributed by atoms with van der Waals surface area (Å²) in [5.74, 6) is 1.53. The molecule has 1 aromatic heterocycles. The zero-order valence-corrected chi connectivity index (χ0v) is 15.2. The first-order valence-electron chi connectivity index (χ1n) is 8.73. The van der Waals surface area contributed by atoms with Crippen LogP contribution in [0.25, 0.3) is 0 Å². The van der Waals surface area contributed by atoms with Crippen LogP contribution in [0.15, 0.2) is 23.7 Å². The minimum atomic E-state index is 0.0662. The molecule has 0 aliphatic carbocycles. The van der Waals surface area contributed by atoms with E-state index in [1.165, 1.54) is 0 Å². The molecule has 0 aromatic carbocycles. The van der Waals surface area contributed by atoms with Gasteiger partial charge in [-0.2, -0.15) is 0 Å². The van der Waals surface area contributed by atoms with Gasteiger partial charge in [0.2, 0.25) is 5.91 Å². The van der Waals surface area contributed by atoms with Gasteiger partial charge in [-0.25, -0.2) is 4.98 Å². The summed E-state index contributed by atoms with van der Waals surface area (Å²) < 4.78 is 2.18. The number of nitrogens with one attached hydrogen (secondary N) is 2. The molecule has 2 atom stereocenters. The van der Waals surface area contributed by atoms with Gasteiger partial charge in [0.05, 0.1) is 12.4 Å². The summed E-state index contributed by atoms with van der Waals surface area (Å²) in [4.78, 5) is 22.6. The fraction of sp³-hybridized carbons (Fsp3) is 0.706. The van der Waals surface area contributed by atoms with Crippen LogP contribution in [0.2, 0.25) is 0 Å². The highest BCUT2D eigenvalue weighted by atomic mass is 16.1. The van der Waals surface area contributed by atoms with Gasteiger partial charge in [0.15, 0.2) is 5.96 Å². The lowest BCUT2D eigenvalue weighted by molar-refractivity contribution is -0.121. The summed E-state index contributed by atoms with van der Waals surface area (Å²) in [6.07, 6.45) is 7.30. The maximum Gasteiger partial charge on any atom is 0.221 e. The van der Waals surface area contributed by atoms with Crippen molar-refractivity contribution < 1.29 is 4.79 Å². The van der Waals surface area contributed by atoms with E-state index in [1.54, 1.807) is 7.05 Å². The Balaban J connectivity index is 1.87. The van der Waals surface area contributed by atoms with Gasteiger partial charge >= 0.3 is 0 Å². The average Bonchev–Trinajstić information content (AvgIpc) is 3.06. The molecular weight excluding hydrogens is 304 g/mol. The molecule has 0 saturated carbocycles. The van der Waals surface area contributed by atoms with Crippen LogP contribution >= 0.6 is 0 Å². The SMILES string of the molecule is CN=C(NCCC(=O)NC(C)C)N1CCC(C)C(n2ccnc2)C1. The molecule has 1 fully saturated rings. The molecule has 0 spiro atoms. The number of amides is 1. The standard InChI is InChI=1S/C17H30N6O/c1-13(2)21-16(24)5-7-20-17(18-4)22-9-6-14(3)15(11-22)23-10-8-19-12-23/h8,10,12-15H,5-7,9,11H2,1-4H3,(H,18,20)(H,21,24). The molecule has 1 saturated heterocycles. The quantitative estimate of drug-likeness (QED) is 0.628. The van der Waals surface area contributed by atoms with Crippen LogP contribution < -0.4 is 10.6 Å². The number of nitrogens with zero attached hydrogens (tertiary/aromatic N) is 4. The molecule has 2 heterocycles. The number of hydrogen-bond donors (Lipinski definition) is 2. The second-order valence-corrected chi connectivity index (χ2v) is 6.74. The lowest BCUT2D eigenvalue weighted by Gasteiger charge is -2.39. The monoisotopic (exact) mass is 334 g/mol. The Morgan fingerprint density at radius 3 is 2.88 bits per heavy atom. The molecule has 1 aliphatic heterocycles. The van der Waals surface area contributed by atoms with Crippen molar-refractivity contribution in [1.29, 1.82) is 0 Å². The van der Waals surface area contributed by atoms with Crippen LogP contribution in [0.5, 0.6) is 0 Å². The van der Waals surface area contributed by atoms with Crippen LogP contribution in [0, 0.1) is 5.92 Å².